The number of hydrogen-bond donors (Lipinski definition) is 2. The van der Waals surface area contributed by atoms with Crippen LogP contribution in [0.15, 0.2) is 67.1 Å². The number of fused-ring (bicyclic) bond motifs is 1. The number of anilines is 1. The minimum absolute atomic E-state index is 0.151. The second kappa shape index (κ2) is 8.16. The van der Waals surface area contributed by atoms with Crippen molar-refractivity contribution in [1.82, 2.24) is 19.7 Å². The Balaban J connectivity index is 1.62. The molecule has 4 rings (SSSR count). The summed E-state index contributed by atoms with van der Waals surface area (Å²) in [5, 5.41) is 5.75. The molecule has 0 unspecified atom stereocenters. The van der Waals surface area contributed by atoms with Gasteiger partial charge in [-0.3, -0.25) is 19.0 Å². The number of rotatable bonds is 5. The minimum atomic E-state index is -0.379. The highest BCUT2D eigenvalue weighted by Crippen LogP contribution is 2.19. The number of nitrogens with one attached hydrogen (secondary N) is 2. The van der Waals surface area contributed by atoms with E-state index < -0.39 is 0 Å². The highest BCUT2D eigenvalue weighted by atomic mass is 16.2. The van der Waals surface area contributed by atoms with Crippen LogP contribution in [0.1, 0.15) is 37.8 Å². The predicted octanol–water partition coefficient (Wildman–Crippen LogP) is 3.53. The fourth-order valence-electron chi connectivity index (χ4n) is 3.18. The summed E-state index contributed by atoms with van der Waals surface area (Å²) < 4.78 is 1.62. The van der Waals surface area contributed by atoms with Gasteiger partial charge in [0, 0.05) is 30.8 Å². The summed E-state index contributed by atoms with van der Waals surface area (Å²) in [6.07, 6.45) is 5.09. The molecule has 3 aromatic heterocycles. The number of carbonyl (C=O) groups excluding carboxylic acids is 2. The van der Waals surface area contributed by atoms with Gasteiger partial charge in [0.05, 0.1) is 5.52 Å². The summed E-state index contributed by atoms with van der Waals surface area (Å²) in [6, 6.07) is 14.9. The molecule has 150 valence electrons. The highest BCUT2D eigenvalue weighted by molar-refractivity contribution is 6.06. The molecule has 0 radical (unpaired) electrons. The van der Waals surface area contributed by atoms with Crippen LogP contribution in [0.3, 0.4) is 0 Å². The molecule has 0 aliphatic heterocycles. The Bertz CT molecular complexity index is 1230. The Kier molecular flexibility index (Phi) is 5.26. The number of pyridine rings is 2. The number of nitrogens with zero attached hydrogens (tertiary/aromatic N) is 3. The second-order valence-electron chi connectivity index (χ2n) is 7.06. The van der Waals surface area contributed by atoms with E-state index in [-0.39, 0.29) is 23.3 Å². The van der Waals surface area contributed by atoms with Gasteiger partial charge in [0.25, 0.3) is 11.8 Å². The summed E-state index contributed by atoms with van der Waals surface area (Å²) in [5.74, 6) is -0.581. The fraction of sp³-hybridized carbons (Fsp3) is 0.130. The van der Waals surface area contributed by atoms with E-state index in [1.165, 1.54) is 0 Å². The molecule has 7 heteroatoms. The zero-order chi connectivity index (χ0) is 21.1. The third-order valence-corrected chi connectivity index (χ3v) is 4.78. The van der Waals surface area contributed by atoms with Gasteiger partial charge in [0.2, 0.25) is 5.82 Å². The lowest BCUT2D eigenvalue weighted by Gasteiger charge is -2.08. The molecule has 2 amide bonds. The quantitative estimate of drug-likeness (QED) is 0.537. The van der Waals surface area contributed by atoms with E-state index >= 15 is 0 Å². The Labute approximate surface area is 173 Å². The molecule has 2 N–H and O–H groups in total. The lowest BCUT2D eigenvalue weighted by Crippen LogP contribution is -2.23. The molecular weight excluding hydrogens is 378 g/mol. The zero-order valence-corrected chi connectivity index (χ0v) is 16.7. The Morgan fingerprint density at radius 2 is 1.90 bits per heavy atom. The number of amides is 2. The smallest absolute Gasteiger partial charge is 0.292 e. The van der Waals surface area contributed by atoms with Crippen LogP contribution < -0.4 is 10.6 Å². The molecule has 1 aromatic carbocycles. The van der Waals surface area contributed by atoms with Crippen molar-refractivity contribution in [3.63, 3.8) is 0 Å². The monoisotopic (exact) mass is 399 g/mol. The van der Waals surface area contributed by atoms with E-state index in [4.69, 9.17) is 0 Å². The van der Waals surface area contributed by atoms with Crippen molar-refractivity contribution in [1.29, 1.82) is 0 Å². The van der Waals surface area contributed by atoms with Crippen LogP contribution >= 0.6 is 0 Å². The van der Waals surface area contributed by atoms with Crippen LogP contribution in [0.2, 0.25) is 0 Å². The fourth-order valence-corrected chi connectivity index (χ4v) is 3.18. The lowest BCUT2D eigenvalue weighted by molar-refractivity contribution is 0.0948. The molecule has 0 aliphatic carbocycles. The van der Waals surface area contributed by atoms with Crippen molar-refractivity contribution < 1.29 is 9.59 Å². The average Bonchev–Trinajstić information content (AvgIpc) is 3.15. The SMILES string of the molecule is Cc1ccc(C)c(NC(=O)c2nc(C(=O)NCc3cccnc3)c3ccccn23)c1. The van der Waals surface area contributed by atoms with E-state index in [2.05, 4.69) is 20.6 Å². The number of carbonyl (C=O) groups is 2. The molecule has 7 nitrogen and oxygen atoms in total. The number of hydrogen-bond acceptors (Lipinski definition) is 4. The van der Waals surface area contributed by atoms with E-state index in [1.807, 2.05) is 44.2 Å². The molecule has 0 spiro atoms. The largest absolute Gasteiger partial charge is 0.346 e. The van der Waals surface area contributed by atoms with Gasteiger partial charge in [-0.2, -0.15) is 0 Å². The first kappa shape index (κ1) is 19.3. The van der Waals surface area contributed by atoms with Crippen LogP contribution in [-0.4, -0.2) is 26.2 Å². The Hall–Kier alpha value is -4.00. The highest BCUT2D eigenvalue weighted by Gasteiger charge is 2.21. The van der Waals surface area contributed by atoms with Gasteiger partial charge in [0.15, 0.2) is 5.69 Å². The maximum Gasteiger partial charge on any atom is 0.292 e. The van der Waals surface area contributed by atoms with E-state index in [1.54, 1.807) is 41.2 Å². The van der Waals surface area contributed by atoms with Crippen LogP contribution in [0.4, 0.5) is 5.69 Å². The summed E-state index contributed by atoms with van der Waals surface area (Å²) in [7, 11) is 0. The second-order valence-corrected chi connectivity index (χ2v) is 7.06. The lowest BCUT2D eigenvalue weighted by atomic mass is 10.1. The number of aryl methyl sites for hydroxylation is 2. The van der Waals surface area contributed by atoms with Crippen molar-refractivity contribution >= 4 is 23.0 Å². The summed E-state index contributed by atoms with van der Waals surface area (Å²) >= 11 is 0. The van der Waals surface area contributed by atoms with Crippen LogP contribution in [0.25, 0.3) is 5.52 Å². The minimum Gasteiger partial charge on any atom is -0.346 e. The Morgan fingerprint density at radius 1 is 1.03 bits per heavy atom. The van der Waals surface area contributed by atoms with Crippen molar-refractivity contribution in [2.24, 2.45) is 0 Å². The van der Waals surface area contributed by atoms with Gasteiger partial charge in [-0.25, -0.2) is 4.98 Å². The first-order valence-corrected chi connectivity index (χ1v) is 9.56. The van der Waals surface area contributed by atoms with Gasteiger partial charge in [-0.05, 0) is 54.8 Å². The predicted molar refractivity (Wildman–Crippen MR) is 114 cm³/mol. The average molecular weight is 399 g/mol. The van der Waals surface area contributed by atoms with Crippen LogP contribution in [0, 0.1) is 13.8 Å². The molecule has 0 aliphatic rings. The normalized spacial score (nSPS) is 10.7. The van der Waals surface area contributed by atoms with Crippen molar-refractivity contribution in [2.45, 2.75) is 20.4 Å². The van der Waals surface area contributed by atoms with Crippen molar-refractivity contribution in [2.75, 3.05) is 5.32 Å². The molecule has 0 bridgehead atoms. The van der Waals surface area contributed by atoms with E-state index in [0.29, 0.717) is 12.1 Å². The Morgan fingerprint density at radius 3 is 2.70 bits per heavy atom. The van der Waals surface area contributed by atoms with Gasteiger partial charge in [-0.1, -0.05) is 24.3 Å². The number of benzene rings is 1. The van der Waals surface area contributed by atoms with Crippen LogP contribution in [-0.2, 0) is 6.54 Å². The molecule has 3 heterocycles. The van der Waals surface area contributed by atoms with Crippen molar-refractivity contribution in [3.8, 4) is 0 Å². The molecule has 0 fully saturated rings. The third-order valence-electron chi connectivity index (χ3n) is 4.78. The first-order chi connectivity index (χ1) is 14.5. The summed E-state index contributed by atoms with van der Waals surface area (Å²) in [5.41, 5.74) is 4.35. The van der Waals surface area contributed by atoms with Gasteiger partial charge < -0.3 is 10.6 Å². The molecule has 0 saturated heterocycles. The molecular formula is C23H21N5O2. The number of aromatic nitrogens is 3. The molecule has 4 aromatic rings. The molecule has 0 saturated carbocycles. The van der Waals surface area contributed by atoms with E-state index in [9.17, 15) is 9.59 Å². The molecule has 0 atom stereocenters. The van der Waals surface area contributed by atoms with Crippen molar-refractivity contribution in [3.05, 3.63) is 95.3 Å². The topological polar surface area (TPSA) is 88.4 Å². The van der Waals surface area contributed by atoms with Gasteiger partial charge in [0.1, 0.15) is 0 Å². The van der Waals surface area contributed by atoms with E-state index in [0.717, 1.165) is 22.4 Å². The summed E-state index contributed by atoms with van der Waals surface area (Å²) in [6.45, 7) is 4.21. The zero-order valence-electron chi connectivity index (χ0n) is 16.7. The van der Waals surface area contributed by atoms with Gasteiger partial charge in [-0.15, -0.1) is 0 Å². The van der Waals surface area contributed by atoms with Crippen LogP contribution in [0.5, 0.6) is 0 Å². The first-order valence-electron chi connectivity index (χ1n) is 9.56. The maximum absolute atomic E-state index is 13.0. The third kappa shape index (κ3) is 3.91. The maximum atomic E-state index is 13.0. The number of imidazole rings is 1. The molecule has 30 heavy (non-hydrogen) atoms. The standard InChI is InChI=1S/C23H21N5O2/c1-15-8-9-16(2)18(12-15)26-23(30)21-27-20(19-7-3-4-11-28(19)21)22(29)25-14-17-6-5-10-24-13-17/h3-13H,14H2,1-2H3,(H,25,29)(H,26,30). The van der Waals surface area contributed by atoms with Gasteiger partial charge >= 0.3 is 0 Å². The summed E-state index contributed by atoms with van der Waals surface area (Å²) in [4.78, 5) is 34.2.